The molecule has 0 N–H and O–H groups in total. The number of hydrogen-bond acceptors (Lipinski definition) is 3. The number of rotatable bonds is 3. The first-order valence-electron chi connectivity index (χ1n) is 8.67. The van der Waals surface area contributed by atoms with E-state index in [1.165, 1.54) is 6.07 Å². The Morgan fingerprint density at radius 3 is 2.56 bits per heavy atom. The molecule has 0 unspecified atom stereocenters. The normalized spacial score (nSPS) is 18.0. The first kappa shape index (κ1) is 17.5. The third-order valence-corrected chi connectivity index (χ3v) is 4.84. The second-order valence-electron chi connectivity index (χ2n) is 7.21. The lowest BCUT2D eigenvalue weighted by Gasteiger charge is -2.39. The molecule has 2 fully saturated rings. The van der Waals surface area contributed by atoms with E-state index in [-0.39, 0.29) is 16.7 Å². The summed E-state index contributed by atoms with van der Waals surface area (Å²) in [5.74, 6) is -4.02. The Morgan fingerprint density at radius 1 is 1.26 bits per heavy atom. The highest BCUT2D eigenvalue weighted by Gasteiger charge is 2.47. The van der Waals surface area contributed by atoms with Crippen LogP contribution in [0.5, 0.6) is 0 Å². The molecular weight excluding hydrogens is 355 g/mol. The van der Waals surface area contributed by atoms with Crippen LogP contribution in [0.25, 0.3) is 11.1 Å². The van der Waals surface area contributed by atoms with E-state index >= 15 is 0 Å². The molecule has 0 radical (unpaired) electrons. The monoisotopic (exact) mass is 371 g/mol. The molecule has 7 heteroatoms. The Morgan fingerprint density at radius 2 is 1.96 bits per heavy atom. The molecule has 138 valence electrons. The molecule has 2 aliphatic rings. The van der Waals surface area contributed by atoms with Crippen LogP contribution in [0.15, 0.2) is 24.3 Å². The highest BCUT2D eigenvalue weighted by molar-refractivity contribution is 6.02. The van der Waals surface area contributed by atoms with Crippen LogP contribution >= 0.6 is 0 Å². The van der Waals surface area contributed by atoms with Gasteiger partial charge in [0.25, 0.3) is 11.8 Å². The van der Waals surface area contributed by atoms with Crippen molar-refractivity contribution in [1.29, 1.82) is 5.26 Å². The second kappa shape index (κ2) is 6.08. The first-order chi connectivity index (χ1) is 12.8. The summed E-state index contributed by atoms with van der Waals surface area (Å²) >= 11 is 0. The highest BCUT2D eigenvalue weighted by Crippen LogP contribution is 2.41. The van der Waals surface area contributed by atoms with Crippen LogP contribution < -0.4 is 0 Å². The van der Waals surface area contributed by atoms with Gasteiger partial charge < -0.3 is 4.90 Å². The minimum absolute atomic E-state index is 0.0277. The van der Waals surface area contributed by atoms with Crippen LogP contribution in [0.4, 0.5) is 13.2 Å². The number of aryl methyl sites for hydroxylation is 1. The number of nitriles is 1. The lowest BCUT2D eigenvalue weighted by Crippen LogP contribution is -2.58. The molecule has 27 heavy (non-hydrogen) atoms. The number of alkyl halides is 2. The van der Waals surface area contributed by atoms with Crippen molar-refractivity contribution < 1.29 is 18.0 Å². The average Bonchev–Trinajstić information content (AvgIpc) is 3.42. The summed E-state index contributed by atoms with van der Waals surface area (Å²) in [6, 6.07) is 7.55. The summed E-state index contributed by atoms with van der Waals surface area (Å²) in [5, 5.41) is 9.12. The molecule has 1 saturated heterocycles. The Balaban J connectivity index is 1.83. The first-order valence-corrected chi connectivity index (χ1v) is 8.67. The fourth-order valence-corrected chi connectivity index (χ4v) is 3.39. The summed E-state index contributed by atoms with van der Waals surface area (Å²) in [4.78, 5) is 18.2. The van der Waals surface area contributed by atoms with Crippen molar-refractivity contribution >= 4 is 5.91 Å². The summed E-state index contributed by atoms with van der Waals surface area (Å²) in [6.07, 6.45) is 2.03. The van der Waals surface area contributed by atoms with E-state index in [0.29, 0.717) is 17.2 Å². The zero-order valence-electron chi connectivity index (χ0n) is 14.6. The van der Waals surface area contributed by atoms with Crippen LogP contribution in [0.3, 0.4) is 0 Å². The molecule has 1 saturated carbocycles. The number of carbonyl (C=O) groups excluding carboxylic acids is 1. The van der Waals surface area contributed by atoms with Crippen molar-refractivity contribution in [3.05, 3.63) is 52.6 Å². The third-order valence-electron chi connectivity index (χ3n) is 4.84. The number of carbonyl (C=O) groups is 1. The van der Waals surface area contributed by atoms with Crippen molar-refractivity contribution in [2.75, 3.05) is 13.1 Å². The van der Waals surface area contributed by atoms with E-state index in [4.69, 9.17) is 5.26 Å². The van der Waals surface area contributed by atoms with Crippen LogP contribution in [0, 0.1) is 24.1 Å². The third kappa shape index (κ3) is 3.27. The summed E-state index contributed by atoms with van der Waals surface area (Å²) in [7, 11) is 0. The number of amides is 1. The van der Waals surface area contributed by atoms with Gasteiger partial charge in [0.1, 0.15) is 5.82 Å². The van der Waals surface area contributed by atoms with Gasteiger partial charge in [-0.15, -0.1) is 0 Å². The fraction of sp³-hybridized carbons (Fsp3) is 0.350. The maximum Gasteiger partial charge on any atom is 0.282 e. The maximum atomic E-state index is 14.9. The molecule has 1 aliphatic carbocycles. The Hall–Kier alpha value is -2.88. The topological polar surface area (TPSA) is 57.0 Å². The number of benzene rings is 1. The Bertz CT molecular complexity index is 985. The molecule has 1 aromatic carbocycles. The molecule has 2 heterocycles. The van der Waals surface area contributed by atoms with Gasteiger partial charge in [-0.3, -0.25) is 9.78 Å². The van der Waals surface area contributed by atoms with Gasteiger partial charge >= 0.3 is 0 Å². The molecule has 0 spiro atoms. The van der Waals surface area contributed by atoms with E-state index in [1.807, 2.05) is 6.07 Å². The molecule has 2 aromatic rings. The van der Waals surface area contributed by atoms with Crippen LogP contribution in [-0.4, -0.2) is 34.8 Å². The van der Waals surface area contributed by atoms with Crippen molar-refractivity contribution in [1.82, 2.24) is 9.88 Å². The van der Waals surface area contributed by atoms with Crippen molar-refractivity contribution in [2.24, 2.45) is 0 Å². The molecule has 4 rings (SSSR count). The molecule has 0 atom stereocenters. The molecule has 0 bridgehead atoms. The predicted octanol–water partition coefficient (Wildman–Crippen LogP) is 4.04. The van der Waals surface area contributed by atoms with Crippen LogP contribution in [-0.2, 0) is 0 Å². The lowest BCUT2D eigenvalue weighted by molar-refractivity contribution is -0.113. The summed E-state index contributed by atoms with van der Waals surface area (Å²) in [6.45, 7) is 0.382. The Labute approximate surface area is 154 Å². The number of aromatic nitrogens is 1. The van der Waals surface area contributed by atoms with Gasteiger partial charge in [-0.25, -0.2) is 13.2 Å². The highest BCUT2D eigenvalue weighted by atomic mass is 19.3. The minimum Gasteiger partial charge on any atom is -0.326 e. The molecule has 1 amide bonds. The average molecular weight is 371 g/mol. The van der Waals surface area contributed by atoms with Gasteiger partial charge in [0.2, 0.25) is 0 Å². The number of halogens is 3. The fourth-order valence-electron chi connectivity index (χ4n) is 3.39. The molecule has 4 nitrogen and oxygen atoms in total. The van der Waals surface area contributed by atoms with Gasteiger partial charge in [-0.2, -0.15) is 5.26 Å². The molecule has 1 aliphatic heterocycles. The SMILES string of the molecule is Cc1cc(-c2c(F)cc(C#N)cc2C(=O)N2CC(F)(F)C2)cc(C2CC2)n1. The second-order valence-corrected chi connectivity index (χ2v) is 7.21. The predicted molar refractivity (Wildman–Crippen MR) is 91.9 cm³/mol. The minimum atomic E-state index is -2.92. The zero-order chi connectivity index (χ0) is 19.3. The zero-order valence-corrected chi connectivity index (χ0v) is 14.6. The largest absolute Gasteiger partial charge is 0.326 e. The van der Waals surface area contributed by atoms with Crippen LogP contribution in [0.1, 0.15) is 46.1 Å². The lowest BCUT2D eigenvalue weighted by atomic mass is 9.94. The van der Waals surface area contributed by atoms with Crippen LogP contribution in [0.2, 0.25) is 0 Å². The summed E-state index contributed by atoms with van der Waals surface area (Å²) in [5.41, 5.74) is 1.92. The van der Waals surface area contributed by atoms with Crippen molar-refractivity contribution in [3.8, 4) is 17.2 Å². The quantitative estimate of drug-likeness (QED) is 0.818. The van der Waals surface area contributed by atoms with E-state index < -0.39 is 30.7 Å². The maximum absolute atomic E-state index is 14.9. The van der Waals surface area contributed by atoms with Crippen molar-refractivity contribution in [2.45, 2.75) is 31.6 Å². The van der Waals surface area contributed by atoms with Gasteiger partial charge in [-0.1, -0.05) is 0 Å². The van der Waals surface area contributed by atoms with E-state index in [2.05, 4.69) is 4.98 Å². The smallest absolute Gasteiger partial charge is 0.282 e. The number of pyridine rings is 1. The summed E-state index contributed by atoms with van der Waals surface area (Å²) < 4.78 is 41.2. The van der Waals surface area contributed by atoms with E-state index in [0.717, 1.165) is 29.5 Å². The Kier molecular flexibility index (Phi) is 3.95. The number of likely N-dealkylation sites (tertiary alicyclic amines) is 1. The molecular formula is C20H16F3N3O. The number of nitrogens with zero attached hydrogens (tertiary/aromatic N) is 3. The molecule has 1 aromatic heterocycles. The standard InChI is InChI=1S/C20H16F3N3O/c1-11-4-14(7-17(25-11)13-2-3-13)18-15(5-12(8-24)6-16(18)21)19(27)26-9-20(22,23)10-26/h4-7,13H,2-3,9-10H2,1H3. The van der Waals surface area contributed by atoms with E-state index in [9.17, 15) is 18.0 Å². The van der Waals surface area contributed by atoms with Gasteiger partial charge in [-0.05, 0) is 49.6 Å². The van der Waals surface area contributed by atoms with Gasteiger partial charge in [0.15, 0.2) is 0 Å². The van der Waals surface area contributed by atoms with Gasteiger partial charge in [0.05, 0.1) is 30.3 Å². The van der Waals surface area contributed by atoms with E-state index in [1.54, 1.807) is 19.1 Å². The van der Waals surface area contributed by atoms with Crippen molar-refractivity contribution in [3.63, 3.8) is 0 Å². The van der Waals surface area contributed by atoms with Gasteiger partial charge in [0, 0.05) is 22.9 Å². The number of hydrogen-bond donors (Lipinski definition) is 0.